The average Bonchev–Trinajstić information content (AvgIpc) is 3.24. The number of nitrogens with one attached hydrogen (secondary N) is 1. The molecule has 2 aromatic rings. The van der Waals surface area contributed by atoms with Gasteiger partial charge in [0.2, 0.25) is 17.6 Å². The van der Waals surface area contributed by atoms with E-state index in [0.29, 0.717) is 32.0 Å². The SMILES string of the molecule is CC(C)OC(=O)C1C(=O)/C(=C/c2c[nH]c3ncccc23)O/C1=N\N1CCOCC1. The first-order chi connectivity index (χ1) is 14.0. The highest BCUT2D eigenvalue weighted by atomic mass is 16.6. The number of ether oxygens (including phenoxy) is 3. The quantitative estimate of drug-likeness (QED) is 0.475. The van der Waals surface area contributed by atoms with Gasteiger partial charge in [-0.3, -0.25) is 14.6 Å². The Morgan fingerprint density at radius 3 is 2.97 bits per heavy atom. The maximum absolute atomic E-state index is 13.0. The van der Waals surface area contributed by atoms with Crippen molar-refractivity contribution < 1.29 is 23.8 Å². The van der Waals surface area contributed by atoms with Crippen LogP contribution in [0.5, 0.6) is 0 Å². The Balaban J connectivity index is 1.68. The monoisotopic (exact) mass is 398 g/mol. The number of carbonyl (C=O) groups excluding carboxylic acids is 2. The first kappa shape index (κ1) is 19.1. The summed E-state index contributed by atoms with van der Waals surface area (Å²) >= 11 is 0. The lowest BCUT2D eigenvalue weighted by molar-refractivity contribution is -0.151. The minimum Gasteiger partial charge on any atom is -0.462 e. The molecule has 0 amide bonds. The average molecular weight is 398 g/mol. The number of rotatable bonds is 4. The molecule has 4 heterocycles. The highest BCUT2D eigenvalue weighted by molar-refractivity contribution is 6.27. The van der Waals surface area contributed by atoms with Crippen molar-refractivity contribution in [1.82, 2.24) is 15.0 Å². The Kier molecular flexibility index (Phi) is 5.30. The van der Waals surface area contributed by atoms with Gasteiger partial charge in [-0.15, -0.1) is 5.10 Å². The third-order valence-corrected chi connectivity index (χ3v) is 4.55. The van der Waals surface area contributed by atoms with Crippen molar-refractivity contribution in [3.63, 3.8) is 0 Å². The molecule has 9 nitrogen and oxygen atoms in total. The van der Waals surface area contributed by atoms with Crippen molar-refractivity contribution in [2.75, 3.05) is 26.3 Å². The van der Waals surface area contributed by atoms with E-state index in [0.717, 1.165) is 10.9 Å². The molecule has 0 bridgehead atoms. The van der Waals surface area contributed by atoms with Gasteiger partial charge in [-0.25, -0.2) is 4.98 Å². The largest absolute Gasteiger partial charge is 0.462 e. The number of carbonyl (C=O) groups is 2. The molecule has 0 radical (unpaired) electrons. The summed E-state index contributed by atoms with van der Waals surface area (Å²) in [6.07, 6.45) is 4.66. The number of H-pyrrole nitrogens is 1. The second-order valence-corrected chi connectivity index (χ2v) is 7.04. The minimum absolute atomic E-state index is 0.0340. The molecule has 2 aromatic heterocycles. The van der Waals surface area contributed by atoms with Gasteiger partial charge in [-0.05, 0) is 32.1 Å². The van der Waals surface area contributed by atoms with Crippen LogP contribution in [-0.2, 0) is 23.8 Å². The highest BCUT2D eigenvalue weighted by Crippen LogP contribution is 2.28. The van der Waals surface area contributed by atoms with Gasteiger partial charge >= 0.3 is 5.97 Å². The van der Waals surface area contributed by atoms with E-state index in [2.05, 4.69) is 15.1 Å². The van der Waals surface area contributed by atoms with Crippen LogP contribution in [0.15, 0.2) is 35.4 Å². The summed E-state index contributed by atoms with van der Waals surface area (Å²) in [5, 5.41) is 6.98. The van der Waals surface area contributed by atoms with Crippen LogP contribution in [0, 0.1) is 5.92 Å². The molecule has 2 fully saturated rings. The number of hydrogen-bond acceptors (Lipinski definition) is 8. The van der Waals surface area contributed by atoms with Crippen molar-refractivity contribution in [3.05, 3.63) is 35.8 Å². The van der Waals surface area contributed by atoms with Crippen LogP contribution >= 0.6 is 0 Å². The maximum Gasteiger partial charge on any atom is 0.326 e. The van der Waals surface area contributed by atoms with Gasteiger partial charge in [-0.1, -0.05) is 0 Å². The molecule has 0 saturated carbocycles. The number of aromatic nitrogens is 2. The number of hydrogen-bond donors (Lipinski definition) is 1. The predicted molar refractivity (Wildman–Crippen MR) is 105 cm³/mol. The first-order valence-electron chi connectivity index (χ1n) is 9.50. The normalized spacial score (nSPS) is 22.7. The number of esters is 1. The van der Waals surface area contributed by atoms with Crippen molar-refractivity contribution in [2.45, 2.75) is 20.0 Å². The molecule has 9 heteroatoms. The van der Waals surface area contributed by atoms with Crippen LogP contribution in [-0.4, -0.2) is 65.0 Å². The van der Waals surface area contributed by atoms with E-state index in [9.17, 15) is 9.59 Å². The number of pyridine rings is 1. The van der Waals surface area contributed by atoms with E-state index < -0.39 is 17.7 Å². The fraction of sp³-hybridized carbons (Fsp3) is 0.400. The van der Waals surface area contributed by atoms with E-state index in [1.807, 2.05) is 12.1 Å². The van der Waals surface area contributed by atoms with E-state index >= 15 is 0 Å². The molecule has 152 valence electrons. The number of Topliss-reactive ketones (excluding diaryl/α,β-unsaturated/α-hetero) is 1. The topological polar surface area (TPSA) is 106 Å². The molecule has 1 unspecified atom stereocenters. The number of aromatic amines is 1. The molecule has 0 aromatic carbocycles. The summed E-state index contributed by atoms with van der Waals surface area (Å²) in [5.41, 5.74) is 1.43. The maximum atomic E-state index is 13.0. The zero-order chi connectivity index (χ0) is 20.4. The van der Waals surface area contributed by atoms with Gasteiger partial charge in [0, 0.05) is 23.3 Å². The summed E-state index contributed by atoms with van der Waals surface area (Å²) in [4.78, 5) is 32.9. The second-order valence-electron chi connectivity index (χ2n) is 7.04. The molecule has 0 aliphatic carbocycles. The Morgan fingerprint density at radius 2 is 2.21 bits per heavy atom. The standard InChI is InChI=1S/C20H22N4O5/c1-12(2)28-20(26)16-17(25)15(29-19(16)23-24-6-8-27-9-7-24)10-13-11-22-18-14(13)4-3-5-21-18/h3-5,10-12,16H,6-9H2,1-2H3,(H,21,22)/b15-10-,23-19-. The molecule has 2 saturated heterocycles. The first-order valence-corrected chi connectivity index (χ1v) is 9.50. The Labute approximate surface area is 167 Å². The predicted octanol–water partition coefficient (Wildman–Crippen LogP) is 1.72. The van der Waals surface area contributed by atoms with Crippen molar-refractivity contribution >= 4 is 34.8 Å². The number of morpholine rings is 1. The van der Waals surface area contributed by atoms with Gasteiger partial charge in [0.25, 0.3) is 0 Å². The zero-order valence-electron chi connectivity index (χ0n) is 16.3. The summed E-state index contributed by atoms with van der Waals surface area (Å²) in [6, 6.07) is 3.70. The van der Waals surface area contributed by atoms with Gasteiger partial charge < -0.3 is 19.2 Å². The third kappa shape index (κ3) is 4.00. The molecular weight excluding hydrogens is 376 g/mol. The van der Waals surface area contributed by atoms with Crippen molar-refractivity contribution in [1.29, 1.82) is 0 Å². The Morgan fingerprint density at radius 1 is 1.41 bits per heavy atom. The molecule has 1 N–H and O–H groups in total. The van der Waals surface area contributed by atoms with Crippen LogP contribution in [0.1, 0.15) is 19.4 Å². The number of hydrazone groups is 1. The molecule has 4 rings (SSSR count). The van der Waals surface area contributed by atoms with Gasteiger partial charge in [0.1, 0.15) is 5.65 Å². The van der Waals surface area contributed by atoms with Crippen LogP contribution in [0.4, 0.5) is 0 Å². The Hall–Kier alpha value is -3.20. The summed E-state index contributed by atoms with van der Waals surface area (Å²) < 4.78 is 16.3. The van der Waals surface area contributed by atoms with Crippen molar-refractivity contribution in [2.24, 2.45) is 11.0 Å². The minimum atomic E-state index is -1.21. The fourth-order valence-corrected chi connectivity index (χ4v) is 3.19. The number of ketones is 1. The van der Waals surface area contributed by atoms with Crippen LogP contribution in [0.2, 0.25) is 0 Å². The van der Waals surface area contributed by atoms with E-state index in [-0.39, 0.29) is 17.8 Å². The molecule has 1 atom stereocenters. The molecule has 0 spiro atoms. The summed E-state index contributed by atoms with van der Waals surface area (Å²) in [6.45, 7) is 5.62. The molecule has 29 heavy (non-hydrogen) atoms. The highest BCUT2D eigenvalue weighted by Gasteiger charge is 2.45. The lowest BCUT2D eigenvalue weighted by atomic mass is 10.0. The third-order valence-electron chi connectivity index (χ3n) is 4.55. The fourth-order valence-electron chi connectivity index (χ4n) is 3.19. The van der Waals surface area contributed by atoms with Crippen LogP contribution in [0.25, 0.3) is 17.1 Å². The molecule has 2 aliphatic heterocycles. The lowest BCUT2D eigenvalue weighted by Crippen LogP contribution is -2.36. The number of allylic oxidation sites excluding steroid dienone is 1. The second kappa shape index (κ2) is 8.04. The molecular formula is C20H22N4O5. The lowest BCUT2D eigenvalue weighted by Gasteiger charge is -2.24. The summed E-state index contributed by atoms with van der Waals surface area (Å²) in [5.74, 6) is -2.27. The smallest absolute Gasteiger partial charge is 0.326 e. The zero-order valence-corrected chi connectivity index (χ0v) is 16.3. The van der Waals surface area contributed by atoms with E-state index in [1.165, 1.54) is 0 Å². The van der Waals surface area contributed by atoms with Gasteiger partial charge in [0.05, 0.1) is 32.4 Å². The number of nitrogens with zero attached hydrogens (tertiary/aromatic N) is 3. The van der Waals surface area contributed by atoms with E-state index in [4.69, 9.17) is 14.2 Å². The number of fused-ring (bicyclic) bond motifs is 1. The van der Waals surface area contributed by atoms with Crippen LogP contribution in [0.3, 0.4) is 0 Å². The Bertz CT molecular complexity index is 988. The summed E-state index contributed by atoms with van der Waals surface area (Å²) in [7, 11) is 0. The van der Waals surface area contributed by atoms with Crippen molar-refractivity contribution in [3.8, 4) is 0 Å². The van der Waals surface area contributed by atoms with Crippen LogP contribution < -0.4 is 0 Å². The van der Waals surface area contributed by atoms with Gasteiger partial charge in [0.15, 0.2) is 5.76 Å². The van der Waals surface area contributed by atoms with Gasteiger partial charge in [-0.2, -0.15) is 0 Å². The molecule has 2 aliphatic rings. The van der Waals surface area contributed by atoms with E-state index in [1.54, 1.807) is 37.3 Å².